The van der Waals surface area contributed by atoms with Crippen LogP contribution in [0.3, 0.4) is 0 Å². The van der Waals surface area contributed by atoms with Crippen LogP contribution in [0.5, 0.6) is 0 Å². The molecule has 9 aromatic rings. The molecule has 1 aliphatic carbocycles. The van der Waals surface area contributed by atoms with Crippen LogP contribution in [0.25, 0.3) is 83.7 Å². The van der Waals surface area contributed by atoms with Crippen LogP contribution >= 0.6 is 0 Å². The molecule has 6 aromatic carbocycles. The average molecular weight is 629 g/mol. The van der Waals surface area contributed by atoms with Gasteiger partial charge in [-0.05, 0) is 72.0 Å². The lowest BCUT2D eigenvalue weighted by molar-refractivity contribution is 0.685. The molecule has 4 heteroatoms. The summed E-state index contributed by atoms with van der Waals surface area (Å²) < 4.78 is 4.68. The van der Waals surface area contributed by atoms with Gasteiger partial charge in [0.05, 0.1) is 27.8 Å². The Morgan fingerprint density at radius 1 is 0.531 bits per heavy atom. The smallest absolute Gasteiger partial charge is 0.235 e. The summed E-state index contributed by atoms with van der Waals surface area (Å²) in [5.74, 6) is 1.14. The van der Waals surface area contributed by atoms with E-state index in [1.165, 1.54) is 55.3 Å². The third-order valence-corrected chi connectivity index (χ3v) is 10.1. The molecule has 4 nitrogen and oxygen atoms in total. The van der Waals surface area contributed by atoms with Gasteiger partial charge < -0.3 is 4.57 Å². The highest BCUT2D eigenvalue weighted by atomic mass is 15.2. The molecule has 0 N–H and O–H groups in total. The monoisotopic (exact) mass is 628 g/mol. The molecule has 0 spiro atoms. The predicted octanol–water partition coefficient (Wildman–Crippen LogP) is 11.2. The number of benzene rings is 6. The molecular weight excluding hydrogens is 597 g/mol. The van der Waals surface area contributed by atoms with Gasteiger partial charge in [0, 0.05) is 44.1 Å². The van der Waals surface area contributed by atoms with Crippen LogP contribution in [0.1, 0.15) is 18.2 Å². The lowest BCUT2D eigenvalue weighted by Gasteiger charge is -2.17. The van der Waals surface area contributed by atoms with Crippen LogP contribution in [0.4, 0.5) is 0 Å². The number of allylic oxidation sites excluding steroid dienone is 1. The highest BCUT2D eigenvalue weighted by molar-refractivity contribution is 6.10. The first-order chi connectivity index (χ1) is 24.2. The van der Waals surface area contributed by atoms with E-state index in [0.717, 1.165) is 34.1 Å². The summed E-state index contributed by atoms with van der Waals surface area (Å²) in [6, 6.07) is 51.9. The van der Waals surface area contributed by atoms with E-state index in [0.29, 0.717) is 11.9 Å². The lowest BCUT2D eigenvalue weighted by atomic mass is 9.94. The molecule has 49 heavy (non-hydrogen) atoms. The van der Waals surface area contributed by atoms with Gasteiger partial charge in [-0.15, -0.1) is 0 Å². The fraction of sp³-hybridized carbons (Fsp3) is 0.0667. The molecule has 0 aliphatic heterocycles. The lowest BCUT2D eigenvalue weighted by Crippen LogP contribution is -2.11. The molecule has 10 rings (SSSR count). The Hall–Kier alpha value is -6.26. The summed E-state index contributed by atoms with van der Waals surface area (Å²) >= 11 is 0. The van der Waals surface area contributed by atoms with Crippen molar-refractivity contribution in [2.75, 3.05) is 0 Å². The number of hydrogen-bond donors (Lipinski definition) is 0. The zero-order chi connectivity index (χ0) is 32.5. The van der Waals surface area contributed by atoms with Crippen molar-refractivity contribution in [2.24, 2.45) is 5.92 Å². The van der Waals surface area contributed by atoms with E-state index in [-0.39, 0.29) is 0 Å². The van der Waals surface area contributed by atoms with Crippen LogP contribution in [0, 0.1) is 5.92 Å². The fourth-order valence-electron chi connectivity index (χ4n) is 7.78. The van der Waals surface area contributed by atoms with E-state index in [1.54, 1.807) is 0 Å². The summed E-state index contributed by atoms with van der Waals surface area (Å²) in [6.07, 6.45) is 5.57. The quantitative estimate of drug-likeness (QED) is 0.194. The highest BCUT2D eigenvalue weighted by Gasteiger charge is 2.24. The molecule has 232 valence electrons. The Morgan fingerprint density at radius 2 is 1.16 bits per heavy atom. The first-order valence-corrected chi connectivity index (χ1v) is 17.0. The van der Waals surface area contributed by atoms with Crippen molar-refractivity contribution in [3.05, 3.63) is 163 Å². The van der Waals surface area contributed by atoms with Gasteiger partial charge in [-0.3, -0.25) is 4.57 Å². The van der Waals surface area contributed by atoms with E-state index < -0.39 is 0 Å². The van der Waals surface area contributed by atoms with Crippen LogP contribution in [0.15, 0.2) is 152 Å². The molecule has 0 saturated heterocycles. The number of nitrogens with zero attached hydrogens (tertiary/aromatic N) is 4. The SMILES string of the molecule is CC1C=Cc2c(n(-c3nc(-c4ccccc4)c4ccccc4n3)c3ccc(-c4ccc5c(c4)c4ccccc4n5-c4ccccc4)cc23)C1. The first-order valence-electron chi connectivity index (χ1n) is 17.0. The van der Waals surface area contributed by atoms with Crippen molar-refractivity contribution in [2.45, 2.75) is 13.3 Å². The molecule has 0 saturated carbocycles. The van der Waals surface area contributed by atoms with Gasteiger partial charge in [0.15, 0.2) is 0 Å². The first kappa shape index (κ1) is 27.8. The summed E-state index contributed by atoms with van der Waals surface area (Å²) in [5.41, 5.74) is 12.6. The summed E-state index contributed by atoms with van der Waals surface area (Å²) in [7, 11) is 0. The molecule has 0 radical (unpaired) electrons. The summed E-state index contributed by atoms with van der Waals surface area (Å²) in [4.78, 5) is 10.5. The minimum absolute atomic E-state index is 0.424. The minimum atomic E-state index is 0.424. The fourth-order valence-corrected chi connectivity index (χ4v) is 7.78. The van der Waals surface area contributed by atoms with E-state index in [2.05, 4.69) is 168 Å². The largest absolute Gasteiger partial charge is 0.309 e. The number of fused-ring (bicyclic) bond motifs is 7. The van der Waals surface area contributed by atoms with Gasteiger partial charge in [0.2, 0.25) is 5.95 Å². The van der Waals surface area contributed by atoms with Crippen molar-refractivity contribution in [1.82, 2.24) is 19.1 Å². The normalized spacial score (nSPS) is 14.3. The molecule has 1 atom stereocenters. The van der Waals surface area contributed by atoms with Gasteiger partial charge in [0.25, 0.3) is 0 Å². The molecule has 0 bridgehead atoms. The zero-order valence-electron chi connectivity index (χ0n) is 27.1. The van der Waals surface area contributed by atoms with Crippen molar-refractivity contribution in [1.29, 1.82) is 0 Å². The molecular formula is C45H32N4. The predicted molar refractivity (Wildman–Crippen MR) is 203 cm³/mol. The standard InChI is InChI=1S/C45H32N4/c1-29-20-23-35-38-28-32(31-21-24-41-37(27-31)34-16-9-11-19-40(34)48(41)33-14-6-3-7-15-33)22-25-42(38)49(43(35)26-29)45-46-39-18-10-8-17-36(39)44(47-45)30-12-4-2-5-13-30/h2-25,27-29H,26H2,1H3. The van der Waals surface area contributed by atoms with Crippen molar-refractivity contribution in [3.8, 4) is 34.0 Å². The Kier molecular flexibility index (Phi) is 6.18. The van der Waals surface area contributed by atoms with Crippen molar-refractivity contribution in [3.63, 3.8) is 0 Å². The number of rotatable bonds is 4. The third-order valence-electron chi connectivity index (χ3n) is 10.1. The Balaban J connectivity index is 1.18. The molecule has 1 aliphatic rings. The number of hydrogen-bond acceptors (Lipinski definition) is 2. The minimum Gasteiger partial charge on any atom is -0.309 e. The third kappa shape index (κ3) is 4.38. The number of para-hydroxylation sites is 3. The maximum absolute atomic E-state index is 5.29. The molecule has 0 amide bonds. The summed E-state index contributed by atoms with van der Waals surface area (Å²) in [6.45, 7) is 2.28. The van der Waals surface area contributed by atoms with Crippen LogP contribution in [0.2, 0.25) is 0 Å². The van der Waals surface area contributed by atoms with Gasteiger partial charge in [0.1, 0.15) is 0 Å². The second-order valence-electron chi connectivity index (χ2n) is 13.1. The Labute approximate surface area is 284 Å². The highest BCUT2D eigenvalue weighted by Crippen LogP contribution is 2.40. The van der Waals surface area contributed by atoms with Gasteiger partial charge in [-0.1, -0.05) is 116 Å². The second-order valence-corrected chi connectivity index (χ2v) is 13.1. The maximum atomic E-state index is 5.29. The molecule has 0 fully saturated rings. The zero-order valence-corrected chi connectivity index (χ0v) is 27.1. The van der Waals surface area contributed by atoms with E-state index in [1.807, 2.05) is 6.07 Å². The van der Waals surface area contributed by atoms with Crippen LogP contribution in [-0.4, -0.2) is 19.1 Å². The van der Waals surface area contributed by atoms with Gasteiger partial charge >= 0.3 is 0 Å². The Morgan fingerprint density at radius 3 is 1.96 bits per heavy atom. The molecule has 1 unspecified atom stereocenters. The van der Waals surface area contributed by atoms with Crippen molar-refractivity contribution >= 4 is 49.7 Å². The van der Waals surface area contributed by atoms with Crippen LogP contribution in [-0.2, 0) is 6.42 Å². The topological polar surface area (TPSA) is 35.6 Å². The van der Waals surface area contributed by atoms with Gasteiger partial charge in [-0.25, -0.2) is 9.97 Å². The van der Waals surface area contributed by atoms with Crippen molar-refractivity contribution < 1.29 is 0 Å². The Bertz CT molecular complexity index is 2750. The van der Waals surface area contributed by atoms with E-state index in [9.17, 15) is 0 Å². The second kappa shape index (κ2) is 10.9. The van der Waals surface area contributed by atoms with E-state index in [4.69, 9.17) is 9.97 Å². The molecule has 3 heterocycles. The van der Waals surface area contributed by atoms with E-state index >= 15 is 0 Å². The number of aromatic nitrogens is 4. The average Bonchev–Trinajstić information content (AvgIpc) is 3.66. The van der Waals surface area contributed by atoms with Gasteiger partial charge in [-0.2, -0.15) is 0 Å². The summed E-state index contributed by atoms with van der Waals surface area (Å²) in [5, 5.41) is 4.79. The van der Waals surface area contributed by atoms with Crippen LogP contribution < -0.4 is 0 Å². The maximum Gasteiger partial charge on any atom is 0.235 e. The molecule has 3 aromatic heterocycles.